The molecule has 0 aromatic heterocycles. The third-order valence-electron chi connectivity index (χ3n) is 6.04. The van der Waals surface area contributed by atoms with Crippen LogP contribution < -0.4 is 4.90 Å². The second-order valence-electron chi connectivity index (χ2n) is 7.51. The Labute approximate surface area is 150 Å². The van der Waals surface area contributed by atoms with Gasteiger partial charge in [-0.15, -0.1) is 0 Å². The monoisotopic (exact) mass is 362 g/mol. The van der Waals surface area contributed by atoms with Crippen LogP contribution in [0.25, 0.3) is 0 Å². The molecule has 1 fully saturated rings. The first kappa shape index (κ1) is 17.0. The fourth-order valence-corrected chi connectivity index (χ4v) is 6.50. The van der Waals surface area contributed by atoms with Crippen LogP contribution in [0.2, 0.25) is 0 Å². The van der Waals surface area contributed by atoms with E-state index in [1.54, 1.807) is 10.4 Å². The molecule has 1 amide bonds. The Hall–Kier alpha value is -1.40. The second-order valence-corrected chi connectivity index (χ2v) is 9.40. The molecule has 0 unspecified atom stereocenters. The summed E-state index contributed by atoms with van der Waals surface area (Å²) >= 11 is 0. The molecule has 0 bridgehead atoms. The van der Waals surface area contributed by atoms with Gasteiger partial charge in [-0.2, -0.15) is 4.31 Å². The van der Waals surface area contributed by atoms with Gasteiger partial charge in [0.25, 0.3) is 0 Å². The van der Waals surface area contributed by atoms with E-state index in [2.05, 4.69) is 6.92 Å². The number of nitrogens with zero attached hydrogens (tertiary/aromatic N) is 2. The van der Waals surface area contributed by atoms with Crippen molar-refractivity contribution in [3.8, 4) is 0 Å². The molecule has 136 valence electrons. The summed E-state index contributed by atoms with van der Waals surface area (Å²) in [5.41, 5.74) is 2.89. The van der Waals surface area contributed by atoms with Gasteiger partial charge in [-0.05, 0) is 62.3 Å². The lowest BCUT2D eigenvalue weighted by molar-refractivity contribution is -0.119. The molecule has 3 aliphatic heterocycles. The molecule has 25 heavy (non-hydrogen) atoms. The molecular weight excluding hydrogens is 336 g/mol. The van der Waals surface area contributed by atoms with Gasteiger partial charge in [0.2, 0.25) is 15.9 Å². The summed E-state index contributed by atoms with van der Waals surface area (Å²) in [6.45, 7) is 5.30. The van der Waals surface area contributed by atoms with Crippen molar-refractivity contribution in [2.24, 2.45) is 0 Å². The summed E-state index contributed by atoms with van der Waals surface area (Å²) in [6.07, 6.45) is 5.56. The number of carbonyl (C=O) groups is 1. The highest BCUT2D eigenvalue weighted by Crippen LogP contribution is 2.44. The van der Waals surface area contributed by atoms with Gasteiger partial charge in [-0.3, -0.25) is 4.79 Å². The van der Waals surface area contributed by atoms with E-state index in [9.17, 15) is 13.2 Å². The van der Waals surface area contributed by atoms with Crippen molar-refractivity contribution in [2.45, 2.75) is 69.2 Å². The first-order valence-corrected chi connectivity index (χ1v) is 10.9. The molecule has 4 rings (SSSR count). The zero-order valence-corrected chi connectivity index (χ0v) is 15.8. The average molecular weight is 362 g/mol. The van der Waals surface area contributed by atoms with Crippen LogP contribution in [0.5, 0.6) is 0 Å². The molecule has 0 spiro atoms. The van der Waals surface area contributed by atoms with Crippen LogP contribution >= 0.6 is 0 Å². The van der Waals surface area contributed by atoms with Crippen molar-refractivity contribution in [2.75, 3.05) is 18.0 Å². The largest absolute Gasteiger partial charge is 0.311 e. The predicted molar refractivity (Wildman–Crippen MR) is 97.4 cm³/mol. The molecule has 3 aliphatic rings. The molecule has 0 N–H and O–H groups in total. The highest BCUT2D eigenvalue weighted by atomic mass is 32.2. The first-order valence-electron chi connectivity index (χ1n) is 9.45. The maximum atomic E-state index is 13.3. The summed E-state index contributed by atoms with van der Waals surface area (Å²) < 4.78 is 28.4. The maximum Gasteiger partial charge on any atom is 0.243 e. The van der Waals surface area contributed by atoms with Gasteiger partial charge in [0.15, 0.2) is 0 Å². The predicted octanol–water partition coefficient (Wildman–Crippen LogP) is 3.04. The number of carbonyl (C=O) groups excluding carboxylic acids is 1. The third-order valence-corrected chi connectivity index (χ3v) is 7.97. The van der Waals surface area contributed by atoms with Gasteiger partial charge in [0.05, 0.1) is 16.5 Å². The SMILES string of the molecule is CC[C@H]1CCCCN1S(=O)(=O)c1cc2c3c(c1)[C@H](C)C(=O)N3CCC2. The van der Waals surface area contributed by atoms with E-state index in [0.717, 1.165) is 61.9 Å². The topological polar surface area (TPSA) is 57.7 Å². The lowest BCUT2D eigenvalue weighted by atomic mass is 9.97. The van der Waals surface area contributed by atoms with E-state index in [-0.39, 0.29) is 17.9 Å². The van der Waals surface area contributed by atoms with Crippen LogP contribution in [0.1, 0.15) is 63.0 Å². The number of anilines is 1. The maximum absolute atomic E-state index is 13.3. The lowest BCUT2D eigenvalue weighted by Gasteiger charge is -2.34. The van der Waals surface area contributed by atoms with E-state index in [0.29, 0.717) is 11.4 Å². The number of hydrogen-bond donors (Lipinski definition) is 0. The molecule has 2 atom stereocenters. The van der Waals surface area contributed by atoms with Crippen LogP contribution in [0.4, 0.5) is 5.69 Å². The quantitative estimate of drug-likeness (QED) is 0.830. The van der Waals surface area contributed by atoms with E-state index in [1.807, 2.05) is 17.9 Å². The minimum atomic E-state index is -3.51. The molecule has 6 heteroatoms. The number of benzene rings is 1. The van der Waals surface area contributed by atoms with E-state index in [4.69, 9.17) is 0 Å². The highest BCUT2D eigenvalue weighted by molar-refractivity contribution is 7.89. The Balaban J connectivity index is 1.81. The van der Waals surface area contributed by atoms with Gasteiger partial charge in [-0.1, -0.05) is 13.3 Å². The number of sulfonamides is 1. The lowest BCUT2D eigenvalue weighted by Crippen LogP contribution is -2.43. The summed E-state index contributed by atoms with van der Waals surface area (Å²) in [7, 11) is -3.51. The zero-order chi connectivity index (χ0) is 17.8. The molecule has 3 heterocycles. The highest BCUT2D eigenvalue weighted by Gasteiger charge is 2.40. The Morgan fingerprint density at radius 3 is 2.72 bits per heavy atom. The zero-order valence-electron chi connectivity index (χ0n) is 15.0. The van der Waals surface area contributed by atoms with Crippen molar-refractivity contribution in [1.82, 2.24) is 4.31 Å². The molecular formula is C19H26N2O3S. The molecule has 0 aliphatic carbocycles. The van der Waals surface area contributed by atoms with Gasteiger partial charge in [-0.25, -0.2) is 8.42 Å². The minimum Gasteiger partial charge on any atom is -0.311 e. The number of hydrogen-bond acceptors (Lipinski definition) is 3. The summed E-state index contributed by atoms with van der Waals surface area (Å²) in [4.78, 5) is 14.7. The van der Waals surface area contributed by atoms with Crippen molar-refractivity contribution >= 4 is 21.6 Å². The normalized spacial score (nSPS) is 26.8. The van der Waals surface area contributed by atoms with Gasteiger partial charge < -0.3 is 4.90 Å². The molecule has 0 saturated carbocycles. The van der Waals surface area contributed by atoms with Crippen LogP contribution in [0, 0.1) is 0 Å². The first-order chi connectivity index (χ1) is 11.9. The van der Waals surface area contributed by atoms with Crippen molar-refractivity contribution < 1.29 is 13.2 Å². The van der Waals surface area contributed by atoms with Gasteiger partial charge >= 0.3 is 0 Å². The molecule has 5 nitrogen and oxygen atoms in total. The molecule has 1 aromatic carbocycles. The van der Waals surface area contributed by atoms with Crippen molar-refractivity contribution in [3.05, 3.63) is 23.3 Å². The smallest absolute Gasteiger partial charge is 0.243 e. The Kier molecular flexibility index (Phi) is 4.15. The Morgan fingerprint density at radius 1 is 1.16 bits per heavy atom. The standard InChI is InChI=1S/C19H26N2O3S/c1-3-15-8-4-5-10-21(15)25(23,24)16-11-14-7-6-9-20-18(14)17(12-16)13(2)19(20)22/h11-13,15H,3-10H2,1-2H3/t13-,15-/m0/s1. The third kappa shape index (κ3) is 2.53. The van der Waals surface area contributed by atoms with Crippen molar-refractivity contribution in [3.63, 3.8) is 0 Å². The molecule has 0 radical (unpaired) electrons. The minimum absolute atomic E-state index is 0.0962. The fourth-order valence-electron chi connectivity index (χ4n) is 4.65. The summed E-state index contributed by atoms with van der Waals surface area (Å²) in [5.74, 6) is -0.139. The fraction of sp³-hybridized carbons (Fsp3) is 0.632. The Bertz CT molecular complexity index is 818. The van der Waals surface area contributed by atoms with Gasteiger partial charge in [0.1, 0.15) is 0 Å². The van der Waals surface area contributed by atoms with Crippen LogP contribution in [0.15, 0.2) is 17.0 Å². The number of rotatable bonds is 3. The second kappa shape index (κ2) is 6.09. The Morgan fingerprint density at radius 2 is 1.96 bits per heavy atom. The van der Waals surface area contributed by atoms with Gasteiger partial charge in [0, 0.05) is 19.1 Å². The van der Waals surface area contributed by atoms with E-state index < -0.39 is 10.0 Å². The van der Waals surface area contributed by atoms with Crippen LogP contribution in [-0.4, -0.2) is 37.8 Å². The van der Waals surface area contributed by atoms with E-state index >= 15 is 0 Å². The number of amides is 1. The van der Waals surface area contributed by atoms with E-state index in [1.165, 1.54) is 0 Å². The molecule has 1 saturated heterocycles. The number of aryl methyl sites for hydroxylation is 1. The van der Waals surface area contributed by atoms with Crippen LogP contribution in [-0.2, 0) is 21.2 Å². The average Bonchev–Trinajstić information content (AvgIpc) is 2.88. The van der Waals surface area contributed by atoms with Crippen LogP contribution in [0.3, 0.4) is 0 Å². The molecule has 1 aromatic rings. The van der Waals surface area contributed by atoms with Crippen molar-refractivity contribution in [1.29, 1.82) is 0 Å². The number of piperidine rings is 1. The summed E-state index contributed by atoms with van der Waals surface area (Å²) in [5, 5.41) is 0. The summed E-state index contributed by atoms with van der Waals surface area (Å²) in [6, 6.07) is 3.69.